The van der Waals surface area contributed by atoms with Crippen molar-refractivity contribution in [3.8, 4) is 21.6 Å². The molecule has 0 bridgehead atoms. The third-order valence-corrected chi connectivity index (χ3v) is 6.38. The molecule has 0 fully saturated rings. The summed E-state index contributed by atoms with van der Waals surface area (Å²) in [6.07, 6.45) is -2.82. The van der Waals surface area contributed by atoms with Crippen LogP contribution in [-0.4, -0.2) is 23.4 Å². The molecule has 156 valence electrons. The largest absolute Gasteiger partial charge is 0.461 e. The molecule has 3 rings (SSSR count). The van der Waals surface area contributed by atoms with Gasteiger partial charge in [0.15, 0.2) is 0 Å². The first-order valence-corrected chi connectivity index (χ1v) is 10.9. The van der Waals surface area contributed by atoms with Crippen LogP contribution in [-0.2, 0) is 18.0 Å². The summed E-state index contributed by atoms with van der Waals surface area (Å²) in [7, 11) is 1.12. The average molecular weight is 451 g/mol. The number of halogens is 3. The van der Waals surface area contributed by atoms with E-state index in [0.717, 1.165) is 22.4 Å². The van der Waals surface area contributed by atoms with E-state index in [2.05, 4.69) is 4.85 Å². The summed E-state index contributed by atoms with van der Waals surface area (Å²) in [6.45, 7) is 8.95. The second kappa shape index (κ2) is 8.58. The van der Waals surface area contributed by atoms with Gasteiger partial charge in [-0.05, 0) is 35.8 Å². The van der Waals surface area contributed by atoms with E-state index < -0.39 is 23.5 Å². The van der Waals surface area contributed by atoms with E-state index in [1.807, 2.05) is 17.7 Å². The van der Waals surface area contributed by atoms with Gasteiger partial charge in [-0.2, -0.15) is 13.2 Å². The van der Waals surface area contributed by atoms with Gasteiger partial charge in [-0.15, -0.1) is 23.1 Å². The normalized spacial score (nSPS) is 11.4. The molecule has 0 atom stereocenters. The SMILES string of the molecule is [C-]#[N+]c1c(-c2ccc(-c3sccc3SC)cc2)c(C(=O)OCC)n(C)c1C(F)(F)F. The lowest BCUT2D eigenvalue weighted by molar-refractivity contribution is -0.142. The molecule has 0 amide bonds. The molecule has 0 aliphatic heterocycles. The molecule has 4 nitrogen and oxygen atoms in total. The summed E-state index contributed by atoms with van der Waals surface area (Å²) >= 11 is 3.17. The molecule has 0 saturated carbocycles. The number of alkyl halides is 3. The minimum atomic E-state index is -4.79. The van der Waals surface area contributed by atoms with E-state index in [4.69, 9.17) is 11.3 Å². The van der Waals surface area contributed by atoms with Gasteiger partial charge in [0.1, 0.15) is 11.4 Å². The number of ether oxygens (including phenoxy) is 1. The topological polar surface area (TPSA) is 35.6 Å². The molecule has 0 radical (unpaired) electrons. The summed E-state index contributed by atoms with van der Waals surface area (Å²) < 4.78 is 46.7. The maximum Gasteiger partial charge on any atom is 0.421 e. The van der Waals surface area contributed by atoms with Crippen molar-refractivity contribution < 1.29 is 22.7 Å². The molecule has 3 aromatic rings. The van der Waals surface area contributed by atoms with Crippen LogP contribution in [0.5, 0.6) is 0 Å². The zero-order chi connectivity index (χ0) is 22.1. The first-order valence-electron chi connectivity index (χ1n) is 8.81. The van der Waals surface area contributed by atoms with Gasteiger partial charge in [-0.1, -0.05) is 24.3 Å². The van der Waals surface area contributed by atoms with Crippen molar-refractivity contribution >= 4 is 34.8 Å². The number of carbonyl (C=O) groups is 1. The lowest BCUT2D eigenvalue weighted by Crippen LogP contribution is -2.16. The van der Waals surface area contributed by atoms with Crippen LogP contribution < -0.4 is 0 Å². The summed E-state index contributed by atoms with van der Waals surface area (Å²) in [5.74, 6) is -0.901. The van der Waals surface area contributed by atoms with Gasteiger partial charge >= 0.3 is 12.1 Å². The van der Waals surface area contributed by atoms with E-state index >= 15 is 0 Å². The van der Waals surface area contributed by atoms with Crippen LogP contribution in [0.4, 0.5) is 18.9 Å². The number of esters is 1. The molecule has 0 spiro atoms. The van der Waals surface area contributed by atoms with Crippen molar-refractivity contribution in [3.05, 3.63) is 58.5 Å². The van der Waals surface area contributed by atoms with Crippen molar-refractivity contribution in [2.75, 3.05) is 12.9 Å². The molecule has 0 unspecified atom stereocenters. The van der Waals surface area contributed by atoms with E-state index in [1.54, 1.807) is 54.3 Å². The Labute approximate surface area is 180 Å². The van der Waals surface area contributed by atoms with Crippen molar-refractivity contribution in [1.29, 1.82) is 0 Å². The first kappa shape index (κ1) is 22.0. The monoisotopic (exact) mass is 450 g/mol. The molecule has 0 saturated heterocycles. The summed E-state index contributed by atoms with van der Waals surface area (Å²) in [4.78, 5) is 17.8. The molecule has 30 heavy (non-hydrogen) atoms. The lowest BCUT2D eigenvalue weighted by atomic mass is 10.0. The van der Waals surface area contributed by atoms with Crippen LogP contribution in [0.3, 0.4) is 0 Å². The Morgan fingerprint density at radius 3 is 2.40 bits per heavy atom. The van der Waals surface area contributed by atoms with Gasteiger partial charge in [0.25, 0.3) is 0 Å². The van der Waals surface area contributed by atoms with Crippen molar-refractivity contribution in [1.82, 2.24) is 4.57 Å². The Hall–Kier alpha value is -2.70. The molecule has 2 aromatic heterocycles. The Balaban J connectivity index is 2.22. The maximum absolute atomic E-state index is 13.7. The fourth-order valence-electron chi connectivity index (χ4n) is 3.27. The highest BCUT2D eigenvalue weighted by molar-refractivity contribution is 7.98. The number of hydrogen-bond donors (Lipinski definition) is 0. The highest BCUT2D eigenvalue weighted by Crippen LogP contribution is 2.46. The number of rotatable bonds is 5. The van der Waals surface area contributed by atoms with Gasteiger partial charge in [0, 0.05) is 22.4 Å². The smallest absolute Gasteiger partial charge is 0.421 e. The van der Waals surface area contributed by atoms with Gasteiger partial charge in [-0.25, -0.2) is 9.64 Å². The zero-order valence-electron chi connectivity index (χ0n) is 16.3. The van der Waals surface area contributed by atoms with Crippen molar-refractivity contribution in [2.45, 2.75) is 18.0 Å². The lowest BCUT2D eigenvalue weighted by Gasteiger charge is -2.11. The molecule has 0 aliphatic carbocycles. The molecular formula is C21H17F3N2O2S2. The van der Waals surface area contributed by atoms with Crippen LogP contribution in [0.15, 0.2) is 40.6 Å². The maximum atomic E-state index is 13.7. The third kappa shape index (κ3) is 3.85. The molecule has 0 aliphatic rings. The molecular weight excluding hydrogens is 433 g/mol. The number of thiophene rings is 1. The van der Waals surface area contributed by atoms with Crippen molar-refractivity contribution in [3.63, 3.8) is 0 Å². The minimum Gasteiger partial charge on any atom is -0.461 e. The number of aromatic nitrogens is 1. The highest BCUT2D eigenvalue weighted by Gasteiger charge is 2.42. The standard InChI is InChI=1S/C21H17F3N2O2S2/c1-5-28-20(27)17-15(16(25-2)19(26(17)3)21(22,23)24)12-6-8-13(9-7-12)18-14(29-4)10-11-30-18/h6-11H,5H2,1,3-4H3. The second-order valence-electron chi connectivity index (χ2n) is 6.21. The van der Waals surface area contributed by atoms with Crippen LogP contribution in [0, 0.1) is 6.57 Å². The first-order chi connectivity index (χ1) is 14.2. The van der Waals surface area contributed by atoms with Gasteiger partial charge in [0.05, 0.1) is 13.2 Å². The molecule has 9 heteroatoms. The Bertz CT molecular complexity index is 1120. The van der Waals surface area contributed by atoms with E-state index in [0.29, 0.717) is 10.1 Å². The average Bonchev–Trinajstić information content (AvgIpc) is 3.29. The van der Waals surface area contributed by atoms with Gasteiger partial charge in [0.2, 0.25) is 5.69 Å². The molecule has 2 heterocycles. The number of thioether (sulfide) groups is 1. The summed E-state index contributed by atoms with van der Waals surface area (Å²) in [5, 5.41) is 1.97. The van der Waals surface area contributed by atoms with Crippen molar-refractivity contribution in [2.24, 2.45) is 7.05 Å². The van der Waals surface area contributed by atoms with E-state index in [-0.39, 0.29) is 17.9 Å². The minimum absolute atomic E-state index is 0.00688. The second-order valence-corrected chi connectivity index (χ2v) is 7.97. The number of carbonyl (C=O) groups excluding carboxylic acids is 1. The third-order valence-electron chi connectivity index (χ3n) is 4.50. The highest BCUT2D eigenvalue weighted by atomic mass is 32.2. The number of nitrogens with zero attached hydrogens (tertiary/aromatic N) is 2. The van der Waals surface area contributed by atoms with Gasteiger partial charge in [-0.3, -0.25) is 0 Å². The number of hydrogen-bond acceptors (Lipinski definition) is 4. The van der Waals surface area contributed by atoms with Crippen LogP contribution >= 0.6 is 23.1 Å². The van der Waals surface area contributed by atoms with E-state index in [9.17, 15) is 18.0 Å². The number of benzene rings is 1. The van der Waals surface area contributed by atoms with Gasteiger partial charge < -0.3 is 9.30 Å². The Morgan fingerprint density at radius 2 is 1.87 bits per heavy atom. The predicted molar refractivity (Wildman–Crippen MR) is 113 cm³/mol. The Morgan fingerprint density at radius 1 is 1.23 bits per heavy atom. The van der Waals surface area contributed by atoms with Crippen LogP contribution in [0.2, 0.25) is 0 Å². The fourth-order valence-corrected chi connectivity index (χ4v) is 5.06. The predicted octanol–water partition coefficient (Wildman–Crippen LogP) is 6.89. The van der Waals surface area contributed by atoms with Crippen LogP contribution in [0.1, 0.15) is 23.1 Å². The Kier molecular flexibility index (Phi) is 6.29. The van der Waals surface area contributed by atoms with E-state index in [1.165, 1.54) is 0 Å². The van der Waals surface area contributed by atoms with Crippen LogP contribution in [0.25, 0.3) is 26.4 Å². The zero-order valence-corrected chi connectivity index (χ0v) is 18.0. The molecule has 1 aromatic carbocycles. The molecule has 0 N–H and O–H groups in total. The summed E-state index contributed by atoms with van der Waals surface area (Å²) in [5.41, 5.74) is -0.873. The quantitative estimate of drug-likeness (QED) is 0.241. The fraction of sp³-hybridized carbons (Fsp3) is 0.238. The summed E-state index contributed by atoms with van der Waals surface area (Å²) in [6, 6.07) is 8.83.